The summed E-state index contributed by atoms with van der Waals surface area (Å²) in [4.78, 5) is 39.7. The van der Waals surface area contributed by atoms with Crippen LogP contribution in [0.4, 0.5) is 13.2 Å². The largest absolute Gasteiger partial charge is 0.489 e. The second-order valence-corrected chi connectivity index (χ2v) is 11.0. The van der Waals surface area contributed by atoms with Crippen LogP contribution in [0.3, 0.4) is 0 Å². The van der Waals surface area contributed by atoms with E-state index < -0.39 is 23.8 Å². The van der Waals surface area contributed by atoms with Gasteiger partial charge in [0.05, 0.1) is 12.7 Å². The molecule has 0 radical (unpaired) electrons. The molecule has 0 saturated carbocycles. The lowest BCUT2D eigenvalue weighted by Gasteiger charge is -2.32. The van der Waals surface area contributed by atoms with Gasteiger partial charge in [0.2, 0.25) is 11.8 Å². The standard InChI is InChI=1S/C34H37F3N2O5/c1-43-33(42)30(21-25-10-13-29(14-11-25)44-23-27-6-3-2-4-7-27)38-31(40)22-26-16-18-39(19-17-26)32(41)15-12-24-8-5-9-28(20-24)34(35,36)37/h2-11,13-14,20,26,30H,12,15-19,21-23H2,1H3,(H,38,40). The Kier molecular flexibility index (Phi) is 11.4. The van der Waals surface area contributed by atoms with E-state index in [9.17, 15) is 27.6 Å². The highest BCUT2D eigenvalue weighted by Crippen LogP contribution is 2.30. The Morgan fingerprint density at radius 2 is 1.59 bits per heavy atom. The van der Waals surface area contributed by atoms with Gasteiger partial charge in [0, 0.05) is 32.4 Å². The van der Waals surface area contributed by atoms with Crippen LogP contribution in [0.25, 0.3) is 0 Å². The van der Waals surface area contributed by atoms with Gasteiger partial charge < -0.3 is 19.7 Å². The predicted molar refractivity (Wildman–Crippen MR) is 159 cm³/mol. The van der Waals surface area contributed by atoms with Crippen LogP contribution in [0.5, 0.6) is 5.75 Å². The molecule has 4 rings (SSSR count). The number of alkyl halides is 3. The fraction of sp³-hybridized carbons (Fsp3) is 0.382. The molecule has 7 nitrogen and oxygen atoms in total. The maximum atomic E-state index is 13.0. The number of methoxy groups -OCH3 is 1. The van der Waals surface area contributed by atoms with E-state index in [1.165, 1.54) is 13.2 Å². The molecule has 1 aliphatic heterocycles. The number of esters is 1. The number of amides is 2. The van der Waals surface area contributed by atoms with Gasteiger partial charge in [-0.3, -0.25) is 9.59 Å². The summed E-state index contributed by atoms with van der Waals surface area (Å²) in [5.41, 5.74) is 1.63. The van der Waals surface area contributed by atoms with Gasteiger partial charge in [-0.15, -0.1) is 0 Å². The van der Waals surface area contributed by atoms with Crippen molar-refractivity contribution in [3.05, 3.63) is 101 Å². The van der Waals surface area contributed by atoms with Crippen LogP contribution >= 0.6 is 0 Å². The number of hydrogen-bond acceptors (Lipinski definition) is 5. The summed E-state index contributed by atoms with van der Waals surface area (Å²) >= 11 is 0. The van der Waals surface area contributed by atoms with Crippen LogP contribution in [0.2, 0.25) is 0 Å². The molecule has 0 aliphatic carbocycles. The Balaban J connectivity index is 1.21. The molecule has 0 spiro atoms. The first-order valence-electron chi connectivity index (χ1n) is 14.7. The van der Waals surface area contributed by atoms with Crippen molar-refractivity contribution in [1.82, 2.24) is 10.2 Å². The lowest BCUT2D eigenvalue weighted by Crippen LogP contribution is -2.44. The number of likely N-dealkylation sites (tertiary alicyclic amines) is 1. The first kappa shape index (κ1) is 32.6. The van der Waals surface area contributed by atoms with Crippen molar-refractivity contribution in [1.29, 1.82) is 0 Å². The summed E-state index contributed by atoms with van der Waals surface area (Å²) in [6, 6.07) is 21.3. The van der Waals surface area contributed by atoms with Gasteiger partial charge in [-0.05, 0) is 60.1 Å². The number of carbonyl (C=O) groups excluding carboxylic acids is 3. The molecule has 10 heteroatoms. The van der Waals surface area contributed by atoms with E-state index in [-0.39, 0.29) is 43.4 Å². The van der Waals surface area contributed by atoms with Gasteiger partial charge in [0.25, 0.3) is 0 Å². The van der Waals surface area contributed by atoms with Crippen LogP contribution in [0, 0.1) is 5.92 Å². The number of piperidine rings is 1. The Morgan fingerprint density at radius 1 is 0.909 bits per heavy atom. The van der Waals surface area contributed by atoms with Gasteiger partial charge in [0.1, 0.15) is 18.4 Å². The number of carbonyl (C=O) groups is 3. The van der Waals surface area contributed by atoms with Crippen LogP contribution in [-0.4, -0.2) is 48.9 Å². The molecule has 0 bridgehead atoms. The summed E-state index contributed by atoms with van der Waals surface area (Å²) in [5, 5.41) is 2.81. The van der Waals surface area contributed by atoms with Crippen LogP contribution in [-0.2, 0) is 44.7 Å². The molecule has 3 aromatic rings. The van der Waals surface area contributed by atoms with Crippen molar-refractivity contribution in [3.8, 4) is 5.75 Å². The van der Waals surface area contributed by atoms with Crippen molar-refractivity contribution < 1.29 is 37.0 Å². The van der Waals surface area contributed by atoms with Crippen molar-refractivity contribution in [3.63, 3.8) is 0 Å². The van der Waals surface area contributed by atoms with Gasteiger partial charge >= 0.3 is 12.1 Å². The number of ether oxygens (including phenoxy) is 2. The first-order valence-corrected chi connectivity index (χ1v) is 14.7. The Labute approximate surface area is 255 Å². The van der Waals surface area contributed by atoms with E-state index in [0.29, 0.717) is 43.9 Å². The molecule has 1 fully saturated rings. The fourth-order valence-electron chi connectivity index (χ4n) is 5.25. The zero-order valence-electron chi connectivity index (χ0n) is 24.6. The Hall–Kier alpha value is -4.34. The first-order chi connectivity index (χ1) is 21.1. The second kappa shape index (κ2) is 15.4. The second-order valence-electron chi connectivity index (χ2n) is 11.0. The molecule has 3 aromatic carbocycles. The monoisotopic (exact) mass is 610 g/mol. The third-order valence-electron chi connectivity index (χ3n) is 7.76. The van der Waals surface area contributed by atoms with E-state index in [1.54, 1.807) is 11.0 Å². The molecular weight excluding hydrogens is 573 g/mol. The van der Waals surface area contributed by atoms with E-state index in [0.717, 1.165) is 23.3 Å². The van der Waals surface area contributed by atoms with Crippen LogP contribution < -0.4 is 10.1 Å². The number of halogens is 3. The van der Waals surface area contributed by atoms with Crippen molar-refractivity contribution in [2.75, 3.05) is 20.2 Å². The average Bonchev–Trinajstić information content (AvgIpc) is 3.03. The summed E-state index contributed by atoms with van der Waals surface area (Å²) in [5.74, 6) is -0.187. The number of rotatable bonds is 12. The van der Waals surface area contributed by atoms with Crippen molar-refractivity contribution in [2.45, 2.75) is 57.3 Å². The smallest absolute Gasteiger partial charge is 0.416 e. The van der Waals surface area contributed by atoms with Crippen molar-refractivity contribution in [2.24, 2.45) is 5.92 Å². The zero-order valence-corrected chi connectivity index (χ0v) is 24.6. The summed E-state index contributed by atoms with van der Waals surface area (Å²) in [6.07, 6.45) is -2.36. The quantitative estimate of drug-likeness (QED) is 0.264. The summed E-state index contributed by atoms with van der Waals surface area (Å²) in [6.45, 7) is 1.38. The number of nitrogens with one attached hydrogen (secondary N) is 1. The summed E-state index contributed by atoms with van der Waals surface area (Å²) < 4.78 is 49.6. The van der Waals surface area contributed by atoms with Gasteiger partial charge in [0.15, 0.2) is 0 Å². The highest BCUT2D eigenvalue weighted by Gasteiger charge is 2.31. The molecule has 0 aromatic heterocycles. The minimum atomic E-state index is -4.42. The zero-order chi connectivity index (χ0) is 31.5. The topological polar surface area (TPSA) is 84.9 Å². The third-order valence-corrected chi connectivity index (χ3v) is 7.76. The van der Waals surface area contributed by atoms with E-state index in [4.69, 9.17) is 9.47 Å². The van der Waals surface area contributed by atoms with Crippen LogP contribution in [0.1, 0.15) is 47.9 Å². The average molecular weight is 611 g/mol. The molecule has 44 heavy (non-hydrogen) atoms. The molecule has 1 saturated heterocycles. The molecule has 1 heterocycles. The van der Waals surface area contributed by atoms with Gasteiger partial charge in [-0.1, -0.05) is 60.7 Å². The number of hydrogen-bond donors (Lipinski definition) is 1. The van der Waals surface area contributed by atoms with E-state index in [1.807, 2.05) is 54.6 Å². The lowest BCUT2D eigenvalue weighted by molar-refractivity contribution is -0.145. The molecule has 1 N–H and O–H groups in total. The van der Waals surface area contributed by atoms with Crippen LogP contribution in [0.15, 0.2) is 78.9 Å². The normalized spacial score (nSPS) is 14.5. The third kappa shape index (κ3) is 9.86. The maximum Gasteiger partial charge on any atom is 0.416 e. The minimum Gasteiger partial charge on any atom is -0.489 e. The van der Waals surface area contributed by atoms with E-state index in [2.05, 4.69) is 5.32 Å². The van der Waals surface area contributed by atoms with Gasteiger partial charge in [-0.2, -0.15) is 13.2 Å². The predicted octanol–water partition coefficient (Wildman–Crippen LogP) is 5.75. The minimum absolute atomic E-state index is 0.0434. The maximum absolute atomic E-state index is 13.0. The Morgan fingerprint density at radius 3 is 2.25 bits per heavy atom. The molecule has 1 unspecified atom stereocenters. The number of aryl methyl sites for hydroxylation is 1. The Bertz CT molecular complexity index is 1390. The molecule has 2 amide bonds. The molecule has 1 atom stereocenters. The highest BCUT2D eigenvalue weighted by atomic mass is 19.4. The SMILES string of the molecule is COC(=O)C(Cc1ccc(OCc2ccccc2)cc1)NC(=O)CC1CCN(C(=O)CCc2cccc(C(F)(F)F)c2)CC1. The molecule has 234 valence electrons. The van der Waals surface area contributed by atoms with Gasteiger partial charge in [-0.25, -0.2) is 4.79 Å². The highest BCUT2D eigenvalue weighted by molar-refractivity contribution is 5.84. The van der Waals surface area contributed by atoms with Crippen molar-refractivity contribution >= 4 is 17.8 Å². The molecule has 1 aliphatic rings. The van der Waals surface area contributed by atoms with E-state index >= 15 is 0 Å². The lowest BCUT2D eigenvalue weighted by atomic mass is 9.92. The molecular formula is C34H37F3N2O5. The summed E-state index contributed by atoms with van der Waals surface area (Å²) in [7, 11) is 1.28. The number of nitrogens with zero attached hydrogens (tertiary/aromatic N) is 1. The fourth-order valence-corrected chi connectivity index (χ4v) is 5.25. The number of benzene rings is 3.